The van der Waals surface area contributed by atoms with Crippen LogP contribution in [0.3, 0.4) is 0 Å². The third kappa shape index (κ3) is 3.97. The van der Waals surface area contributed by atoms with E-state index in [-0.39, 0.29) is 51.1 Å². The van der Waals surface area contributed by atoms with Gasteiger partial charge in [-0.25, -0.2) is 6.08 Å². The molecular weight excluding hydrogens is 353 g/mol. The van der Waals surface area contributed by atoms with Crippen LogP contribution in [0.4, 0.5) is 0 Å². The number of benzene rings is 1. The summed E-state index contributed by atoms with van der Waals surface area (Å²) in [5.41, 5.74) is 2.85. The van der Waals surface area contributed by atoms with E-state index in [4.69, 9.17) is 10.00 Å². The van der Waals surface area contributed by atoms with Gasteiger partial charge in [-0.05, 0) is 19.1 Å². The van der Waals surface area contributed by atoms with Gasteiger partial charge >= 0.3 is 0 Å². The first-order chi connectivity index (χ1) is 10.1. The van der Waals surface area contributed by atoms with Crippen LogP contribution >= 0.6 is 0 Å². The molecule has 0 aromatic heterocycles. The Morgan fingerprint density at radius 2 is 2.23 bits per heavy atom. The Hall–Kier alpha value is -1.18. The fraction of sp³-hybridized carbons (Fsp3) is 0.412. The zero-order valence-electron chi connectivity index (χ0n) is 13.2. The average Bonchev–Trinajstić information content (AvgIpc) is 2.48. The first-order valence-corrected chi connectivity index (χ1v) is 7.11. The molecule has 0 saturated carbocycles. The van der Waals surface area contributed by atoms with Crippen molar-refractivity contribution in [2.24, 2.45) is 5.92 Å². The van der Waals surface area contributed by atoms with Gasteiger partial charge in [0.2, 0.25) is 5.91 Å². The number of amides is 1. The summed E-state index contributed by atoms with van der Waals surface area (Å²) in [5, 5.41) is 8.54. The van der Waals surface area contributed by atoms with Gasteiger partial charge in [0.1, 0.15) is 11.8 Å². The number of ether oxygens (including phenoxy) is 1. The number of nitriles is 1. The number of nitrogens with zero attached hydrogens (tertiary/aromatic N) is 2. The van der Waals surface area contributed by atoms with Crippen molar-refractivity contribution in [2.45, 2.75) is 27.2 Å². The molecule has 4 nitrogen and oxygen atoms in total. The van der Waals surface area contributed by atoms with Crippen LogP contribution in [0.5, 0.6) is 5.75 Å². The van der Waals surface area contributed by atoms with Crippen LogP contribution < -0.4 is 4.74 Å². The van der Waals surface area contributed by atoms with E-state index in [0.717, 1.165) is 16.8 Å². The molecule has 1 amide bonds. The van der Waals surface area contributed by atoms with Gasteiger partial charge in [0, 0.05) is 45.2 Å². The second-order valence-corrected chi connectivity index (χ2v) is 5.14. The van der Waals surface area contributed by atoms with E-state index in [1.54, 1.807) is 4.90 Å². The van der Waals surface area contributed by atoms with Gasteiger partial charge in [-0.1, -0.05) is 20.3 Å². The molecule has 22 heavy (non-hydrogen) atoms. The van der Waals surface area contributed by atoms with Crippen molar-refractivity contribution in [1.29, 1.82) is 5.26 Å². The van der Waals surface area contributed by atoms with E-state index >= 15 is 0 Å². The first-order valence-electron chi connectivity index (χ1n) is 7.11. The summed E-state index contributed by atoms with van der Waals surface area (Å²) in [6.45, 7) is 6.54. The smallest absolute Gasteiger partial charge is 0.225 e. The third-order valence-corrected chi connectivity index (χ3v) is 3.61. The van der Waals surface area contributed by atoms with E-state index in [1.807, 2.05) is 45.0 Å². The molecule has 1 aromatic carbocycles. The summed E-state index contributed by atoms with van der Waals surface area (Å²) < 4.78 is 5.30. The van der Waals surface area contributed by atoms with Gasteiger partial charge in [-0.15, -0.1) is 22.9 Å². The summed E-state index contributed by atoms with van der Waals surface area (Å²) in [6, 6.07) is 7.59. The maximum absolute atomic E-state index is 12.3. The van der Waals surface area contributed by atoms with E-state index in [2.05, 4.69) is 6.08 Å². The molecule has 0 spiro atoms. The zero-order valence-corrected chi connectivity index (χ0v) is 16.1. The summed E-state index contributed by atoms with van der Waals surface area (Å²) in [7, 11) is 0. The largest absolute Gasteiger partial charge is 0.479 e. The van der Waals surface area contributed by atoms with E-state index in [9.17, 15) is 4.79 Å². The maximum atomic E-state index is 12.3. The molecule has 1 aromatic rings. The van der Waals surface area contributed by atoms with Crippen molar-refractivity contribution in [2.75, 3.05) is 13.2 Å². The van der Waals surface area contributed by atoms with Crippen molar-refractivity contribution in [3.8, 4) is 11.8 Å². The molecule has 0 fully saturated rings. The summed E-state index contributed by atoms with van der Waals surface area (Å²) >= 11 is 0. The Morgan fingerprint density at radius 3 is 2.82 bits per heavy atom. The van der Waals surface area contributed by atoms with Crippen LogP contribution in [-0.2, 0) is 37.5 Å². The fourth-order valence-corrected chi connectivity index (χ4v) is 2.47. The minimum absolute atomic E-state index is 0. The first kappa shape index (κ1) is 18.9. The predicted octanol–water partition coefficient (Wildman–Crippen LogP) is 2.93. The Labute approximate surface area is 157 Å². The van der Waals surface area contributed by atoms with Crippen LogP contribution in [0.2, 0.25) is 0 Å². The van der Waals surface area contributed by atoms with Gasteiger partial charge in [-0.2, -0.15) is 5.26 Å². The molecule has 1 atom stereocenters. The molecule has 0 N–H and O–H groups in total. The van der Waals surface area contributed by atoms with Crippen molar-refractivity contribution in [3.05, 3.63) is 35.4 Å². The molecule has 0 aliphatic carbocycles. The molecule has 113 valence electrons. The van der Waals surface area contributed by atoms with Crippen molar-refractivity contribution < 1.29 is 42.2 Å². The number of allylic oxidation sites excluding steroid dienone is 1. The summed E-state index contributed by atoms with van der Waals surface area (Å²) in [5.74, 6) is 0.805. The number of hydrogen-bond donors (Lipinski definition) is 0. The quantitative estimate of drug-likeness (QED) is 0.764. The Morgan fingerprint density at radius 1 is 1.50 bits per heavy atom. The predicted molar refractivity (Wildman–Crippen MR) is 80.1 cm³/mol. The molecule has 1 radical (unpaired) electrons. The topological polar surface area (TPSA) is 53.3 Å². The van der Waals surface area contributed by atoms with Gasteiger partial charge < -0.3 is 9.64 Å². The number of carbonyl (C=O) groups excluding carboxylic acids is 1. The van der Waals surface area contributed by atoms with Crippen LogP contribution in [0.15, 0.2) is 18.2 Å². The number of hydrogen-bond acceptors (Lipinski definition) is 3. The minimum Gasteiger partial charge on any atom is -0.479 e. The minimum atomic E-state index is -0.00718. The third-order valence-electron chi connectivity index (χ3n) is 3.61. The molecule has 1 heterocycles. The van der Waals surface area contributed by atoms with Crippen LogP contribution in [0.1, 0.15) is 31.4 Å². The molecule has 1 unspecified atom stereocenters. The number of carbonyl (C=O) groups is 1. The van der Waals surface area contributed by atoms with Crippen LogP contribution in [-0.4, -0.2) is 24.0 Å². The van der Waals surface area contributed by atoms with Gasteiger partial charge in [-0.3, -0.25) is 4.79 Å². The normalized spacial score (nSPS) is 17.4. The average molecular weight is 372 g/mol. The van der Waals surface area contributed by atoms with E-state index < -0.39 is 0 Å². The molecule has 5 heteroatoms. The van der Waals surface area contributed by atoms with Crippen molar-refractivity contribution in [1.82, 2.24) is 4.90 Å². The van der Waals surface area contributed by atoms with E-state index in [0.29, 0.717) is 18.7 Å². The molecular formula is C17H19N2O2Y-. The Balaban J connectivity index is 0.00000242. The van der Waals surface area contributed by atoms with E-state index in [1.165, 1.54) is 0 Å². The van der Waals surface area contributed by atoms with Gasteiger partial charge in [0.25, 0.3) is 0 Å². The maximum Gasteiger partial charge on any atom is 0.225 e. The molecule has 0 bridgehead atoms. The summed E-state index contributed by atoms with van der Waals surface area (Å²) in [4.78, 5) is 14.0. The standard InChI is InChI=1S/C17H19N2O2.Y/c1-4-19-16(8-5-12(2)17(19)20)15-7-6-14(11-13(15)3)21-10-9-18;/h6-7,11-12H,4-5,10H2,1-3H3;/q-1;. The monoisotopic (exact) mass is 372 g/mol. The Bertz CT molecular complexity index is 620. The Kier molecular flexibility index (Phi) is 7.25. The second kappa shape index (κ2) is 8.45. The van der Waals surface area contributed by atoms with Gasteiger partial charge in [0.05, 0.1) is 0 Å². The summed E-state index contributed by atoms with van der Waals surface area (Å²) in [6.07, 6.45) is 4.00. The zero-order chi connectivity index (χ0) is 15.4. The van der Waals surface area contributed by atoms with Crippen LogP contribution in [0.25, 0.3) is 5.70 Å². The SMILES string of the molecule is CCN1C(=O)C(C)C[C-]=C1c1ccc(OCC#N)cc1C.[Y]. The molecule has 2 rings (SSSR count). The van der Waals surface area contributed by atoms with Crippen molar-refractivity contribution >= 4 is 11.6 Å². The number of aryl methyl sites for hydroxylation is 1. The van der Waals surface area contributed by atoms with Gasteiger partial charge in [0.15, 0.2) is 6.61 Å². The second-order valence-electron chi connectivity index (χ2n) is 5.14. The molecule has 0 saturated heterocycles. The van der Waals surface area contributed by atoms with Crippen LogP contribution in [0, 0.1) is 30.2 Å². The molecule has 1 aliphatic rings. The molecule has 1 aliphatic heterocycles. The fourth-order valence-electron chi connectivity index (χ4n) is 2.47. The number of rotatable bonds is 4. The van der Waals surface area contributed by atoms with Crippen molar-refractivity contribution in [3.63, 3.8) is 0 Å².